The Balaban J connectivity index is 2.38. The standard InChI is InChI=1S/C14H24BrNS/c1-3-5-6-7-12(16-10-4-2)11-13-8-9-14(15)17-13/h8-9,12,16H,3-7,10-11H2,1-2H3. The first-order valence-electron chi connectivity index (χ1n) is 6.73. The Morgan fingerprint density at radius 3 is 2.65 bits per heavy atom. The van der Waals surface area contributed by atoms with E-state index in [0.29, 0.717) is 6.04 Å². The summed E-state index contributed by atoms with van der Waals surface area (Å²) in [6, 6.07) is 5.06. The minimum absolute atomic E-state index is 0.659. The molecule has 1 atom stereocenters. The van der Waals surface area contributed by atoms with Crippen molar-refractivity contribution < 1.29 is 0 Å². The summed E-state index contributed by atoms with van der Waals surface area (Å²) < 4.78 is 1.25. The van der Waals surface area contributed by atoms with Gasteiger partial charge in [-0.2, -0.15) is 0 Å². The van der Waals surface area contributed by atoms with E-state index < -0.39 is 0 Å². The van der Waals surface area contributed by atoms with Crippen LogP contribution >= 0.6 is 27.3 Å². The average molecular weight is 318 g/mol. The van der Waals surface area contributed by atoms with Crippen molar-refractivity contribution in [1.29, 1.82) is 0 Å². The summed E-state index contributed by atoms with van der Waals surface area (Å²) in [7, 11) is 0. The van der Waals surface area contributed by atoms with Gasteiger partial charge in [0.15, 0.2) is 0 Å². The molecule has 1 nitrogen and oxygen atoms in total. The van der Waals surface area contributed by atoms with Crippen LogP contribution in [0.1, 0.15) is 50.8 Å². The van der Waals surface area contributed by atoms with E-state index in [1.54, 1.807) is 0 Å². The van der Waals surface area contributed by atoms with E-state index in [-0.39, 0.29) is 0 Å². The van der Waals surface area contributed by atoms with Gasteiger partial charge >= 0.3 is 0 Å². The Morgan fingerprint density at radius 1 is 1.24 bits per heavy atom. The van der Waals surface area contributed by atoms with Crippen LogP contribution in [0.3, 0.4) is 0 Å². The van der Waals surface area contributed by atoms with Crippen LogP contribution in [-0.2, 0) is 6.42 Å². The van der Waals surface area contributed by atoms with Gasteiger partial charge < -0.3 is 5.32 Å². The highest BCUT2D eigenvalue weighted by atomic mass is 79.9. The van der Waals surface area contributed by atoms with Crippen LogP contribution < -0.4 is 5.32 Å². The third kappa shape index (κ3) is 6.58. The number of hydrogen-bond acceptors (Lipinski definition) is 2. The summed E-state index contributed by atoms with van der Waals surface area (Å²) in [5, 5.41) is 3.68. The van der Waals surface area contributed by atoms with Gasteiger partial charge in [-0.3, -0.25) is 0 Å². The Kier molecular flexibility index (Phi) is 8.15. The minimum Gasteiger partial charge on any atom is -0.314 e. The maximum Gasteiger partial charge on any atom is 0.0701 e. The SMILES string of the molecule is CCCCCC(Cc1ccc(Br)s1)NCCC. The third-order valence-electron chi connectivity index (χ3n) is 2.92. The van der Waals surface area contributed by atoms with Gasteiger partial charge in [0.2, 0.25) is 0 Å². The summed E-state index contributed by atoms with van der Waals surface area (Å²) in [5.74, 6) is 0. The molecule has 3 heteroatoms. The molecule has 0 saturated heterocycles. The molecule has 1 aromatic heterocycles. The molecule has 0 bridgehead atoms. The summed E-state index contributed by atoms with van der Waals surface area (Å²) in [6.07, 6.45) is 7.73. The van der Waals surface area contributed by atoms with Gasteiger partial charge in [-0.1, -0.05) is 33.1 Å². The monoisotopic (exact) mass is 317 g/mol. The quantitative estimate of drug-likeness (QED) is 0.632. The van der Waals surface area contributed by atoms with E-state index >= 15 is 0 Å². The van der Waals surface area contributed by atoms with Gasteiger partial charge in [0.1, 0.15) is 0 Å². The molecule has 1 unspecified atom stereocenters. The highest BCUT2D eigenvalue weighted by molar-refractivity contribution is 9.11. The number of unbranched alkanes of at least 4 members (excludes halogenated alkanes) is 2. The molecule has 0 saturated carbocycles. The van der Waals surface area contributed by atoms with Crippen LogP contribution in [-0.4, -0.2) is 12.6 Å². The molecule has 0 spiro atoms. The predicted octanol–water partition coefficient (Wildman–Crippen LogP) is 5.00. The van der Waals surface area contributed by atoms with Crippen molar-refractivity contribution in [3.63, 3.8) is 0 Å². The van der Waals surface area contributed by atoms with Crippen LogP contribution in [0.5, 0.6) is 0 Å². The number of thiophene rings is 1. The van der Waals surface area contributed by atoms with Crippen molar-refractivity contribution in [3.8, 4) is 0 Å². The maximum absolute atomic E-state index is 3.68. The number of rotatable bonds is 9. The van der Waals surface area contributed by atoms with E-state index in [1.165, 1.54) is 47.2 Å². The number of nitrogens with one attached hydrogen (secondary N) is 1. The van der Waals surface area contributed by atoms with Crippen LogP contribution in [0.25, 0.3) is 0 Å². The van der Waals surface area contributed by atoms with Crippen LogP contribution in [0.2, 0.25) is 0 Å². The zero-order valence-corrected chi connectivity index (χ0v) is 13.4. The second kappa shape index (κ2) is 9.12. The number of hydrogen-bond donors (Lipinski definition) is 1. The molecule has 0 aliphatic carbocycles. The molecule has 0 radical (unpaired) electrons. The van der Waals surface area contributed by atoms with Gasteiger partial charge in [-0.25, -0.2) is 0 Å². The Hall–Kier alpha value is 0.140. The van der Waals surface area contributed by atoms with Crippen LogP contribution in [0.15, 0.2) is 15.9 Å². The van der Waals surface area contributed by atoms with Crippen molar-refractivity contribution in [2.45, 2.75) is 58.4 Å². The first-order valence-corrected chi connectivity index (χ1v) is 8.34. The third-order valence-corrected chi connectivity index (χ3v) is 4.56. The molecule has 1 aromatic rings. The molecular formula is C14H24BrNS. The lowest BCUT2D eigenvalue weighted by molar-refractivity contribution is 0.458. The summed E-state index contributed by atoms with van der Waals surface area (Å²) in [6.45, 7) is 5.64. The number of halogens is 1. The summed E-state index contributed by atoms with van der Waals surface area (Å²) in [4.78, 5) is 1.49. The van der Waals surface area contributed by atoms with E-state index in [2.05, 4.69) is 47.2 Å². The molecule has 17 heavy (non-hydrogen) atoms. The lowest BCUT2D eigenvalue weighted by Gasteiger charge is -2.17. The lowest BCUT2D eigenvalue weighted by Crippen LogP contribution is -2.31. The van der Waals surface area contributed by atoms with Gasteiger partial charge in [-0.05, 0) is 53.9 Å². The van der Waals surface area contributed by atoms with E-state index in [4.69, 9.17) is 0 Å². The molecule has 98 valence electrons. The molecule has 0 aromatic carbocycles. The zero-order valence-electron chi connectivity index (χ0n) is 11.0. The van der Waals surface area contributed by atoms with E-state index in [1.807, 2.05) is 11.3 Å². The molecule has 0 aliphatic rings. The molecule has 0 amide bonds. The van der Waals surface area contributed by atoms with Gasteiger partial charge in [0.25, 0.3) is 0 Å². The largest absolute Gasteiger partial charge is 0.314 e. The second-order valence-electron chi connectivity index (χ2n) is 4.56. The molecular weight excluding hydrogens is 294 g/mol. The molecule has 1 N–H and O–H groups in total. The molecule has 1 rings (SSSR count). The first-order chi connectivity index (χ1) is 8.26. The van der Waals surface area contributed by atoms with Crippen molar-refractivity contribution in [2.24, 2.45) is 0 Å². The van der Waals surface area contributed by atoms with E-state index in [0.717, 1.165) is 6.54 Å². The molecule has 1 heterocycles. The summed E-state index contributed by atoms with van der Waals surface area (Å²) >= 11 is 5.40. The minimum atomic E-state index is 0.659. The van der Waals surface area contributed by atoms with Gasteiger partial charge in [0.05, 0.1) is 3.79 Å². The summed E-state index contributed by atoms with van der Waals surface area (Å²) in [5.41, 5.74) is 0. The predicted molar refractivity (Wildman–Crippen MR) is 81.9 cm³/mol. The first kappa shape index (κ1) is 15.2. The van der Waals surface area contributed by atoms with Crippen LogP contribution in [0, 0.1) is 0 Å². The maximum atomic E-state index is 3.68. The molecule has 0 aliphatic heterocycles. The zero-order chi connectivity index (χ0) is 12.5. The second-order valence-corrected chi connectivity index (χ2v) is 7.10. The smallest absolute Gasteiger partial charge is 0.0701 e. The highest BCUT2D eigenvalue weighted by Crippen LogP contribution is 2.24. The normalized spacial score (nSPS) is 12.9. The Labute approximate surface area is 118 Å². The van der Waals surface area contributed by atoms with Gasteiger partial charge in [-0.15, -0.1) is 11.3 Å². The topological polar surface area (TPSA) is 12.0 Å². The van der Waals surface area contributed by atoms with Crippen molar-refractivity contribution in [1.82, 2.24) is 5.32 Å². The van der Waals surface area contributed by atoms with Gasteiger partial charge in [0, 0.05) is 10.9 Å². The fraction of sp³-hybridized carbons (Fsp3) is 0.714. The van der Waals surface area contributed by atoms with Crippen LogP contribution in [0.4, 0.5) is 0 Å². The highest BCUT2D eigenvalue weighted by Gasteiger charge is 2.09. The lowest BCUT2D eigenvalue weighted by atomic mass is 10.0. The Bertz CT molecular complexity index is 298. The molecule has 0 fully saturated rings. The van der Waals surface area contributed by atoms with E-state index in [9.17, 15) is 0 Å². The fourth-order valence-corrected chi connectivity index (χ4v) is 3.53. The van der Waals surface area contributed by atoms with Crippen molar-refractivity contribution >= 4 is 27.3 Å². The van der Waals surface area contributed by atoms with Crippen molar-refractivity contribution in [3.05, 3.63) is 20.8 Å². The van der Waals surface area contributed by atoms with Crippen molar-refractivity contribution in [2.75, 3.05) is 6.54 Å². The average Bonchev–Trinajstić information content (AvgIpc) is 2.72. The fourth-order valence-electron chi connectivity index (χ4n) is 1.97. The Morgan fingerprint density at radius 2 is 2.06 bits per heavy atom.